The Morgan fingerprint density at radius 3 is 1.27 bits per heavy atom. The minimum absolute atomic E-state index is 0.0166. The predicted octanol–water partition coefficient (Wildman–Crippen LogP) is 8.94. The summed E-state index contributed by atoms with van der Waals surface area (Å²) in [6.45, 7) is 36.7. The molecule has 0 heterocycles. The summed E-state index contributed by atoms with van der Waals surface area (Å²) in [5.74, 6) is -0.582. The maximum atomic E-state index is 14.4. The standard InChI is InChI=1S/C33H71NO7Si3/c1-17-34(22-21-23-42(37-18-2,38-19-3)39-20-4)31(33(36)41-44(28(11)12,29(13)14)30(15)16)24-32(35)40-43(25(5)6,26(7)8)27(9)10/h25-31H,17-24H2,1-16H3. The maximum absolute atomic E-state index is 14.4. The lowest BCUT2D eigenvalue weighted by Gasteiger charge is -2.43. The van der Waals surface area contributed by atoms with E-state index in [0.717, 1.165) is 0 Å². The van der Waals surface area contributed by atoms with E-state index in [9.17, 15) is 9.59 Å². The molecule has 0 aromatic rings. The molecule has 0 spiro atoms. The number of carbonyl (C=O) groups is 2. The Kier molecular flexibility index (Phi) is 19.7. The molecule has 0 aromatic carbocycles. The van der Waals surface area contributed by atoms with E-state index >= 15 is 0 Å². The van der Waals surface area contributed by atoms with Crippen molar-refractivity contribution in [1.29, 1.82) is 0 Å². The number of hydrogen-bond donors (Lipinski definition) is 0. The normalized spacial score (nSPS) is 14.2. The van der Waals surface area contributed by atoms with Crippen LogP contribution in [0.3, 0.4) is 0 Å². The van der Waals surface area contributed by atoms with Crippen molar-refractivity contribution in [2.45, 2.75) is 169 Å². The van der Waals surface area contributed by atoms with Crippen molar-refractivity contribution in [2.24, 2.45) is 0 Å². The van der Waals surface area contributed by atoms with Gasteiger partial charge in [0.15, 0.2) is 0 Å². The van der Waals surface area contributed by atoms with Crippen molar-refractivity contribution in [3.05, 3.63) is 0 Å². The summed E-state index contributed by atoms with van der Waals surface area (Å²) in [7, 11) is -7.84. The van der Waals surface area contributed by atoms with Gasteiger partial charge in [0, 0.05) is 25.9 Å². The van der Waals surface area contributed by atoms with Crippen LogP contribution >= 0.6 is 0 Å². The van der Waals surface area contributed by atoms with Gasteiger partial charge in [-0.25, -0.2) is 0 Å². The Morgan fingerprint density at radius 2 is 0.955 bits per heavy atom. The van der Waals surface area contributed by atoms with E-state index in [4.69, 9.17) is 22.1 Å². The lowest BCUT2D eigenvalue weighted by Crippen LogP contribution is -2.55. The average Bonchev–Trinajstić information content (AvgIpc) is 2.90. The molecule has 0 N–H and O–H groups in total. The Balaban J connectivity index is 6.56. The highest BCUT2D eigenvalue weighted by Gasteiger charge is 2.51. The molecule has 0 aliphatic carbocycles. The Labute approximate surface area is 275 Å². The number of rotatable bonds is 23. The van der Waals surface area contributed by atoms with Gasteiger partial charge < -0.3 is 22.1 Å². The third-order valence-corrected chi connectivity index (χ3v) is 24.6. The smallest absolute Gasteiger partial charge is 0.500 e. The molecule has 44 heavy (non-hydrogen) atoms. The van der Waals surface area contributed by atoms with Gasteiger partial charge >= 0.3 is 14.8 Å². The fourth-order valence-corrected chi connectivity index (χ4v) is 20.7. The van der Waals surface area contributed by atoms with Gasteiger partial charge in [0.2, 0.25) is 0 Å². The number of likely N-dealkylation sites (N-methyl/N-ethyl adjacent to an activating group) is 1. The molecule has 0 aliphatic heterocycles. The lowest BCUT2D eigenvalue weighted by atomic mass is 10.1. The van der Waals surface area contributed by atoms with Crippen LogP contribution in [0.4, 0.5) is 0 Å². The zero-order valence-corrected chi connectivity index (χ0v) is 34.5. The summed E-state index contributed by atoms with van der Waals surface area (Å²) >= 11 is 0. The molecule has 0 radical (unpaired) electrons. The zero-order valence-electron chi connectivity index (χ0n) is 31.5. The first-order valence-corrected chi connectivity index (χ1v) is 23.7. The van der Waals surface area contributed by atoms with Crippen LogP contribution in [0.25, 0.3) is 0 Å². The summed E-state index contributed by atoms with van der Waals surface area (Å²) in [6.07, 6.45) is 0.694. The second kappa shape index (κ2) is 19.9. The SMILES string of the molecule is CCO[Si](CCCN(CC)C(CC(=O)O[Si](C(C)C)(C(C)C)C(C)C)C(=O)O[Si](C(C)C)(C(C)C)C(C)C)(OCC)OCC. The molecule has 1 atom stereocenters. The second-order valence-corrected chi connectivity index (χ2v) is 27.4. The molecule has 11 heteroatoms. The van der Waals surface area contributed by atoms with Gasteiger partial charge in [-0.05, 0) is 73.5 Å². The monoisotopic (exact) mass is 677 g/mol. The summed E-state index contributed by atoms with van der Waals surface area (Å²) in [5.41, 5.74) is 1.51. The Bertz CT molecular complexity index is 776. The van der Waals surface area contributed by atoms with Gasteiger partial charge in [-0.2, -0.15) is 0 Å². The maximum Gasteiger partial charge on any atom is 0.500 e. The quantitative estimate of drug-likeness (QED) is 0.0992. The van der Waals surface area contributed by atoms with E-state index < -0.39 is 31.5 Å². The predicted molar refractivity (Wildman–Crippen MR) is 190 cm³/mol. The van der Waals surface area contributed by atoms with Gasteiger partial charge in [0.05, 0.1) is 6.42 Å². The molecule has 0 saturated carbocycles. The van der Waals surface area contributed by atoms with Crippen LogP contribution in [0.2, 0.25) is 39.3 Å². The molecule has 0 amide bonds. The summed E-state index contributed by atoms with van der Waals surface area (Å²) < 4.78 is 31.5. The second-order valence-electron chi connectivity index (χ2n) is 14.0. The molecule has 0 aliphatic rings. The molecular weight excluding hydrogens is 607 g/mol. The highest BCUT2D eigenvalue weighted by molar-refractivity contribution is 6.79. The molecule has 0 aromatic heterocycles. The van der Waals surface area contributed by atoms with Crippen LogP contribution < -0.4 is 0 Å². The first kappa shape index (κ1) is 43.4. The van der Waals surface area contributed by atoms with Crippen LogP contribution in [0.1, 0.15) is 124 Å². The summed E-state index contributed by atoms with van der Waals surface area (Å²) in [4.78, 5) is 30.3. The van der Waals surface area contributed by atoms with Crippen LogP contribution in [0.15, 0.2) is 0 Å². The minimum Gasteiger partial charge on any atom is -0.518 e. The molecule has 0 saturated heterocycles. The first-order chi connectivity index (χ1) is 20.4. The largest absolute Gasteiger partial charge is 0.518 e. The highest BCUT2D eigenvalue weighted by atomic mass is 28.4. The number of nitrogens with zero attached hydrogens (tertiary/aromatic N) is 1. The van der Waals surface area contributed by atoms with E-state index in [1.165, 1.54) is 0 Å². The first-order valence-electron chi connectivity index (χ1n) is 17.5. The lowest BCUT2D eigenvalue weighted by molar-refractivity contribution is -0.148. The van der Waals surface area contributed by atoms with Gasteiger partial charge in [-0.3, -0.25) is 14.5 Å². The number of carbonyl (C=O) groups excluding carboxylic acids is 2. The van der Waals surface area contributed by atoms with E-state index in [1.54, 1.807) is 0 Å². The van der Waals surface area contributed by atoms with Crippen LogP contribution in [-0.4, -0.2) is 81.2 Å². The molecule has 0 bridgehead atoms. The molecule has 262 valence electrons. The van der Waals surface area contributed by atoms with Crippen molar-refractivity contribution in [1.82, 2.24) is 4.90 Å². The molecule has 0 fully saturated rings. The summed E-state index contributed by atoms with van der Waals surface area (Å²) in [5, 5.41) is 0. The Hall–Kier alpha value is -0.569. The minimum atomic E-state index is -2.84. The van der Waals surface area contributed by atoms with Crippen LogP contribution in [-0.2, 0) is 31.7 Å². The van der Waals surface area contributed by atoms with Crippen molar-refractivity contribution < 1.29 is 31.7 Å². The average molecular weight is 678 g/mol. The Morgan fingerprint density at radius 1 is 0.591 bits per heavy atom. The highest BCUT2D eigenvalue weighted by Crippen LogP contribution is 2.44. The molecular formula is C33H71NO7Si3. The summed E-state index contributed by atoms with van der Waals surface area (Å²) in [6, 6.07) is -0.0889. The topological polar surface area (TPSA) is 83.5 Å². The third-order valence-electron chi connectivity index (χ3n) is 9.48. The fraction of sp³-hybridized carbons (Fsp3) is 0.939. The van der Waals surface area contributed by atoms with E-state index in [0.29, 0.717) is 45.4 Å². The fourth-order valence-electron chi connectivity index (χ4n) is 7.74. The van der Waals surface area contributed by atoms with Gasteiger partial charge in [-0.1, -0.05) is 90.0 Å². The van der Waals surface area contributed by atoms with Crippen molar-refractivity contribution in [3.8, 4) is 0 Å². The van der Waals surface area contributed by atoms with Gasteiger partial charge in [-0.15, -0.1) is 0 Å². The van der Waals surface area contributed by atoms with Crippen molar-refractivity contribution >= 4 is 37.4 Å². The van der Waals surface area contributed by atoms with E-state index in [2.05, 4.69) is 88.0 Å². The van der Waals surface area contributed by atoms with E-state index in [1.807, 2.05) is 27.7 Å². The zero-order chi connectivity index (χ0) is 34.5. The molecule has 0 rings (SSSR count). The van der Waals surface area contributed by atoms with Crippen LogP contribution in [0, 0.1) is 0 Å². The number of hydrogen-bond acceptors (Lipinski definition) is 8. The van der Waals surface area contributed by atoms with E-state index in [-0.39, 0.29) is 51.6 Å². The van der Waals surface area contributed by atoms with Gasteiger partial charge in [0.25, 0.3) is 22.6 Å². The molecule has 8 nitrogen and oxygen atoms in total. The third kappa shape index (κ3) is 11.0. The van der Waals surface area contributed by atoms with Crippen molar-refractivity contribution in [3.63, 3.8) is 0 Å². The van der Waals surface area contributed by atoms with Gasteiger partial charge in [0.1, 0.15) is 6.04 Å². The van der Waals surface area contributed by atoms with Crippen LogP contribution in [0.5, 0.6) is 0 Å². The van der Waals surface area contributed by atoms with Crippen molar-refractivity contribution in [2.75, 3.05) is 32.9 Å². The molecule has 1 unspecified atom stereocenters.